The summed E-state index contributed by atoms with van der Waals surface area (Å²) in [5.74, 6) is 1.16. The number of carbonyl (C=O) groups is 1. The molecule has 128 valence electrons. The molecule has 6 nitrogen and oxygen atoms in total. The van der Waals surface area contributed by atoms with E-state index in [0.717, 1.165) is 11.3 Å². The fraction of sp³-hybridized carbons (Fsp3) is 0.333. The predicted molar refractivity (Wildman–Crippen MR) is 91.9 cm³/mol. The molecule has 2 aromatic rings. The summed E-state index contributed by atoms with van der Waals surface area (Å²) in [4.78, 5) is 25.7. The lowest BCUT2D eigenvalue weighted by atomic mass is 10.1. The van der Waals surface area contributed by atoms with Crippen molar-refractivity contribution in [2.45, 2.75) is 20.3 Å². The van der Waals surface area contributed by atoms with E-state index in [1.807, 2.05) is 32.0 Å². The van der Waals surface area contributed by atoms with Crippen molar-refractivity contribution in [1.29, 1.82) is 0 Å². The first-order valence-electron chi connectivity index (χ1n) is 7.99. The molecule has 1 aromatic carbocycles. The van der Waals surface area contributed by atoms with Crippen LogP contribution in [0.1, 0.15) is 29.8 Å². The number of pyridine rings is 1. The van der Waals surface area contributed by atoms with Crippen molar-refractivity contribution in [2.75, 3.05) is 19.8 Å². The molecule has 1 heterocycles. The molecule has 0 fully saturated rings. The molecule has 1 amide bonds. The van der Waals surface area contributed by atoms with E-state index in [-0.39, 0.29) is 11.5 Å². The molecule has 1 aromatic heterocycles. The van der Waals surface area contributed by atoms with Crippen LogP contribution in [0.15, 0.2) is 41.3 Å². The lowest BCUT2D eigenvalue weighted by molar-refractivity contribution is 0.0954. The van der Waals surface area contributed by atoms with Gasteiger partial charge in [0.2, 0.25) is 5.56 Å². The molecule has 0 bridgehead atoms. The highest BCUT2D eigenvalue weighted by atomic mass is 16.5. The van der Waals surface area contributed by atoms with Gasteiger partial charge in [0.25, 0.3) is 5.91 Å². The Morgan fingerprint density at radius 2 is 1.83 bits per heavy atom. The molecule has 0 unspecified atom stereocenters. The lowest BCUT2D eigenvalue weighted by Gasteiger charge is -2.12. The maximum absolute atomic E-state index is 12.0. The third-order valence-corrected chi connectivity index (χ3v) is 3.34. The topological polar surface area (TPSA) is 80.4 Å². The fourth-order valence-electron chi connectivity index (χ4n) is 2.26. The van der Waals surface area contributed by atoms with Gasteiger partial charge >= 0.3 is 0 Å². The Bertz CT molecular complexity index is 740. The molecule has 0 aliphatic carbocycles. The number of nitrogens with one attached hydrogen (secondary N) is 2. The zero-order valence-electron chi connectivity index (χ0n) is 13.9. The van der Waals surface area contributed by atoms with E-state index < -0.39 is 0 Å². The van der Waals surface area contributed by atoms with Crippen LogP contribution in [0.3, 0.4) is 0 Å². The van der Waals surface area contributed by atoms with E-state index in [4.69, 9.17) is 9.47 Å². The molecule has 0 spiro atoms. The summed E-state index contributed by atoms with van der Waals surface area (Å²) in [6.45, 7) is 5.44. The smallest absolute Gasteiger partial charge is 0.251 e. The van der Waals surface area contributed by atoms with Gasteiger partial charge < -0.3 is 19.8 Å². The largest absolute Gasteiger partial charge is 0.490 e. The second-order valence-corrected chi connectivity index (χ2v) is 5.09. The van der Waals surface area contributed by atoms with Crippen molar-refractivity contribution >= 4 is 5.91 Å². The second kappa shape index (κ2) is 8.76. The van der Waals surface area contributed by atoms with Gasteiger partial charge in [-0.2, -0.15) is 0 Å². The van der Waals surface area contributed by atoms with Crippen molar-refractivity contribution in [3.8, 4) is 11.5 Å². The van der Waals surface area contributed by atoms with Crippen molar-refractivity contribution in [3.63, 3.8) is 0 Å². The van der Waals surface area contributed by atoms with Crippen LogP contribution in [0.25, 0.3) is 0 Å². The number of benzene rings is 1. The van der Waals surface area contributed by atoms with Gasteiger partial charge in [-0.25, -0.2) is 0 Å². The molecule has 0 saturated carbocycles. The fourth-order valence-corrected chi connectivity index (χ4v) is 2.26. The van der Waals surface area contributed by atoms with Crippen LogP contribution in [0.4, 0.5) is 0 Å². The predicted octanol–water partition coefficient (Wildman–Crippen LogP) is 2.14. The van der Waals surface area contributed by atoms with Crippen LogP contribution in [-0.2, 0) is 6.42 Å². The molecule has 0 aliphatic heterocycles. The van der Waals surface area contributed by atoms with Gasteiger partial charge in [-0.1, -0.05) is 6.07 Å². The van der Waals surface area contributed by atoms with E-state index in [1.165, 1.54) is 12.3 Å². The molecule has 0 saturated heterocycles. The number of H-pyrrole nitrogens is 1. The van der Waals surface area contributed by atoms with Crippen molar-refractivity contribution < 1.29 is 14.3 Å². The zero-order valence-corrected chi connectivity index (χ0v) is 13.9. The van der Waals surface area contributed by atoms with Crippen molar-refractivity contribution in [3.05, 3.63) is 58.0 Å². The summed E-state index contributed by atoms with van der Waals surface area (Å²) in [7, 11) is 0. The van der Waals surface area contributed by atoms with Gasteiger partial charge in [0.15, 0.2) is 11.5 Å². The first-order chi connectivity index (χ1) is 11.6. The van der Waals surface area contributed by atoms with Gasteiger partial charge in [0.1, 0.15) is 0 Å². The quantitative estimate of drug-likeness (QED) is 0.777. The van der Waals surface area contributed by atoms with E-state index in [1.54, 1.807) is 6.07 Å². The number of aromatic nitrogens is 1. The molecule has 0 aliphatic rings. The average Bonchev–Trinajstić information content (AvgIpc) is 2.57. The Hall–Kier alpha value is -2.76. The van der Waals surface area contributed by atoms with E-state index in [0.29, 0.717) is 37.5 Å². The maximum Gasteiger partial charge on any atom is 0.251 e. The third-order valence-electron chi connectivity index (χ3n) is 3.34. The summed E-state index contributed by atoms with van der Waals surface area (Å²) in [6, 6.07) is 8.60. The van der Waals surface area contributed by atoms with E-state index >= 15 is 0 Å². The van der Waals surface area contributed by atoms with Crippen molar-refractivity contribution in [2.24, 2.45) is 0 Å². The van der Waals surface area contributed by atoms with Gasteiger partial charge in [0, 0.05) is 24.4 Å². The Balaban J connectivity index is 1.95. The number of ether oxygens (including phenoxy) is 2. The minimum Gasteiger partial charge on any atom is -0.490 e. The molecule has 0 atom stereocenters. The summed E-state index contributed by atoms with van der Waals surface area (Å²) in [5, 5.41) is 2.80. The first kappa shape index (κ1) is 17.6. The van der Waals surface area contributed by atoms with Crippen LogP contribution >= 0.6 is 0 Å². The minimum atomic E-state index is -0.296. The molecule has 6 heteroatoms. The summed E-state index contributed by atoms with van der Waals surface area (Å²) in [5.41, 5.74) is 1.09. The number of rotatable bonds is 8. The highest BCUT2D eigenvalue weighted by Gasteiger charge is 2.08. The van der Waals surface area contributed by atoms with Crippen LogP contribution in [0.2, 0.25) is 0 Å². The summed E-state index contributed by atoms with van der Waals surface area (Å²) < 4.78 is 11.1. The lowest BCUT2D eigenvalue weighted by Crippen LogP contribution is -2.26. The van der Waals surface area contributed by atoms with Crippen LogP contribution in [-0.4, -0.2) is 30.6 Å². The van der Waals surface area contributed by atoms with Gasteiger partial charge in [-0.15, -0.1) is 0 Å². The monoisotopic (exact) mass is 330 g/mol. The SMILES string of the molecule is CCOc1ccc(CCNC(=O)c2cc[nH]c(=O)c2)cc1OCC. The summed E-state index contributed by atoms with van der Waals surface area (Å²) in [6.07, 6.45) is 2.11. The molecule has 24 heavy (non-hydrogen) atoms. The molecule has 2 rings (SSSR count). The third kappa shape index (κ3) is 4.87. The summed E-state index contributed by atoms with van der Waals surface area (Å²) >= 11 is 0. The minimum absolute atomic E-state index is 0.267. The number of carbonyl (C=O) groups excluding carboxylic acids is 1. The Kier molecular flexibility index (Phi) is 6.42. The molecule has 0 radical (unpaired) electrons. The first-order valence-corrected chi connectivity index (χ1v) is 7.99. The standard InChI is InChI=1S/C18H22N2O4/c1-3-23-15-6-5-13(11-16(15)24-4-2)7-9-20-18(22)14-8-10-19-17(21)12-14/h5-6,8,10-12H,3-4,7,9H2,1-2H3,(H,19,21)(H,20,22). The van der Waals surface area contributed by atoms with Crippen molar-refractivity contribution in [1.82, 2.24) is 10.3 Å². The van der Waals surface area contributed by atoms with E-state index in [9.17, 15) is 9.59 Å². The van der Waals surface area contributed by atoms with Crippen LogP contribution in [0.5, 0.6) is 11.5 Å². The number of amides is 1. The number of hydrogen-bond donors (Lipinski definition) is 2. The normalized spacial score (nSPS) is 10.2. The average molecular weight is 330 g/mol. The number of aromatic amines is 1. The molecule has 2 N–H and O–H groups in total. The molecular formula is C18H22N2O4. The Morgan fingerprint density at radius 1 is 1.08 bits per heavy atom. The highest BCUT2D eigenvalue weighted by Crippen LogP contribution is 2.28. The maximum atomic E-state index is 12.0. The van der Waals surface area contributed by atoms with Crippen LogP contribution < -0.4 is 20.3 Å². The highest BCUT2D eigenvalue weighted by molar-refractivity contribution is 5.93. The number of hydrogen-bond acceptors (Lipinski definition) is 4. The van der Waals surface area contributed by atoms with Gasteiger partial charge in [-0.05, 0) is 44.0 Å². The van der Waals surface area contributed by atoms with E-state index in [2.05, 4.69) is 10.3 Å². The van der Waals surface area contributed by atoms with Gasteiger partial charge in [0.05, 0.1) is 13.2 Å². The Morgan fingerprint density at radius 3 is 2.54 bits per heavy atom. The molecular weight excluding hydrogens is 308 g/mol. The van der Waals surface area contributed by atoms with Crippen LogP contribution in [0, 0.1) is 0 Å². The zero-order chi connectivity index (χ0) is 17.4. The second-order valence-electron chi connectivity index (χ2n) is 5.09. The Labute approximate surface area is 140 Å². The van der Waals surface area contributed by atoms with Gasteiger partial charge in [-0.3, -0.25) is 9.59 Å².